The number of benzene rings is 2. The molecule has 0 aliphatic carbocycles. The zero-order valence-corrected chi connectivity index (χ0v) is 10.3. The molecule has 0 heterocycles. The summed E-state index contributed by atoms with van der Waals surface area (Å²) in [5, 5.41) is 0. The number of hydrogen-bond donors (Lipinski definition) is 1. The van der Waals surface area contributed by atoms with Crippen molar-refractivity contribution in [3.05, 3.63) is 71.8 Å². The highest BCUT2D eigenvalue weighted by molar-refractivity contribution is 5.93. The van der Waals surface area contributed by atoms with E-state index in [1.807, 2.05) is 60.7 Å². The molecule has 3 nitrogen and oxygen atoms in total. The molecular formula is C16H13NO2. The molecule has 2 rings (SSSR count). The number of amides is 1. The number of nitrogens with one attached hydrogen (secondary N) is 1. The van der Waals surface area contributed by atoms with Gasteiger partial charge in [0.05, 0.1) is 6.61 Å². The highest BCUT2D eigenvalue weighted by Crippen LogP contribution is 1.98. The second kappa shape index (κ2) is 7.00. The van der Waals surface area contributed by atoms with E-state index in [0.717, 1.165) is 11.1 Å². The molecule has 0 radical (unpaired) electrons. The van der Waals surface area contributed by atoms with Gasteiger partial charge in [0, 0.05) is 11.5 Å². The van der Waals surface area contributed by atoms with Gasteiger partial charge in [-0.1, -0.05) is 54.5 Å². The van der Waals surface area contributed by atoms with Crippen molar-refractivity contribution in [2.24, 2.45) is 0 Å². The molecule has 3 heteroatoms. The van der Waals surface area contributed by atoms with E-state index >= 15 is 0 Å². The third-order valence-corrected chi connectivity index (χ3v) is 2.34. The van der Waals surface area contributed by atoms with Crippen LogP contribution in [-0.2, 0) is 16.2 Å². The first-order chi connectivity index (χ1) is 9.34. The molecule has 2 aromatic rings. The molecule has 0 aliphatic rings. The number of rotatable bonds is 3. The maximum Gasteiger partial charge on any atom is 0.319 e. The fourth-order valence-corrected chi connectivity index (χ4v) is 1.44. The van der Waals surface area contributed by atoms with Gasteiger partial charge in [0.1, 0.15) is 0 Å². The van der Waals surface area contributed by atoms with Crippen LogP contribution in [0.1, 0.15) is 11.1 Å². The minimum absolute atomic E-state index is 0.319. The Bertz CT molecular complexity index is 582. The Balaban J connectivity index is 1.78. The number of carbonyl (C=O) groups excluding carboxylic acids is 1. The van der Waals surface area contributed by atoms with Crippen LogP contribution in [0.5, 0.6) is 0 Å². The predicted molar refractivity (Wildman–Crippen MR) is 72.7 cm³/mol. The van der Waals surface area contributed by atoms with Crippen molar-refractivity contribution >= 4 is 5.91 Å². The Morgan fingerprint density at radius 2 is 1.63 bits per heavy atom. The average molecular weight is 251 g/mol. The summed E-state index contributed by atoms with van der Waals surface area (Å²) >= 11 is 0. The molecule has 0 aliphatic heterocycles. The highest BCUT2D eigenvalue weighted by Gasteiger charge is 1.96. The SMILES string of the molecule is O=C(C#Cc1ccccc1)NOCc1ccccc1. The minimum atomic E-state index is -0.459. The summed E-state index contributed by atoms with van der Waals surface area (Å²) in [4.78, 5) is 16.5. The van der Waals surface area contributed by atoms with Crippen LogP contribution >= 0.6 is 0 Å². The maximum atomic E-state index is 11.4. The molecule has 0 saturated heterocycles. The second-order valence-electron chi connectivity index (χ2n) is 3.82. The van der Waals surface area contributed by atoms with Crippen LogP contribution in [0.25, 0.3) is 0 Å². The molecule has 0 spiro atoms. The van der Waals surface area contributed by atoms with E-state index in [9.17, 15) is 4.79 Å². The Hall–Kier alpha value is -2.57. The quantitative estimate of drug-likeness (QED) is 0.671. The minimum Gasteiger partial charge on any atom is -0.268 e. The molecular weight excluding hydrogens is 238 g/mol. The standard InChI is InChI=1S/C16H13NO2/c18-16(12-11-14-7-3-1-4-8-14)17-19-13-15-9-5-2-6-10-15/h1-10H,13H2,(H,17,18). The van der Waals surface area contributed by atoms with Gasteiger partial charge in [-0.3, -0.25) is 9.63 Å². The summed E-state index contributed by atoms with van der Waals surface area (Å²) in [7, 11) is 0. The van der Waals surface area contributed by atoms with Crippen LogP contribution in [0.2, 0.25) is 0 Å². The molecule has 1 amide bonds. The topological polar surface area (TPSA) is 38.3 Å². The van der Waals surface area contributed by atoms with Crippen molar-refractivity contribution in [2.45, 2.75) is 6.61 Å². The number of hydroxylamine groups is 1. The Morgan fingerprint density at radius 1 is 1.00 bits per heavy atom. The zero-order chi connectivity index (χ0) is 13.3. The summed E-state index contributed by atoms with van der Waals surface area (Å²) in [6, 6.07) is 18.9. The van der Waals surface area contributed by atoms with Crippen molar-refractivity contribution in [2.75, 3.05) is 0 Å². The van der Waals surface area contributed by atoms with Gasteiger partial charge < -0.3 is 0 Å². The summed E-state index contributed by atoms with van der Waals surface area (Å²) in [6.07, 6.45) is 0. The fourth-order valence-electron chi connectivity index (χ4n) is 1.44. The van der Waals surface area contributed by atoms with E-state index in [2.05, 4.69) is 17.3 Å². The number of hydrogen-bond acceptors (Lipinski definition) is 2. The largest absolute Gasteiger partial charge is 0.319 e. The molecule has 0 bridgehead atoms. The van der Waals surface area contributed by atoms with Gasteiger partial charge in [-0.25, -0.2) is 5.48 Å². The van der Waals surface area contributed by atoms with Gasteiger partial charge in [-0.2, -0.15) is 0 Å². The first kappa shape index (κ1) is 12.9. The monoisotopic (exact) mass is 251 g/mol. The molecule has 0 aromatic heterocycles. The van der Waals surface area contributed by atoms with Gasteiger partial charge in [0.2, 0.25) is 0 Å². The lowest BCUT2D eigenvalue weighted by Crippen LogP contribution is -2.21. The van der Waals surface area contributed by atoms with E-state index in [0.29, 0.717) is 6.61 Å². The van der Waals surface area contributed by atoms with Crippen molar-refractivity contribution in [3.8, 4) is 11.8 Å². The second-order valence-corrected chi connectivity index (χ2v) is 3.82. The smallest absolute Gasteiger partial charge is 0.268 e. The van der Waals surface area contributed by atoms with E-state index in [1.54, 1.807) is 0 Å². The predicted octanol–water partition coefficient (Wildman–Crippen LogP) is 2.29. The third-order valence-electron chi connectivity index (χ3n) is 2.34. The van der Waals surface area contributed by atoms with Gasteiger partial charge in [-0.15, -0.1) is 0 Å². The Kier molecular flexibility index (Phi) is 4.74. The average Bonchev–Trinajstić information content (AvgIpc) is 2.47. The van der Waals surface area contributed by atoms with Crippen LogP contribution in [0.15, 0.2) is 60.7 Å². The van der Waals surface area contributed by atoms with E-state index in [4.69, 9.17) is 4.84 Å². The Morgan fingerprint density at radius 3 is 2.32 bits per heavy atom. The Labute approximate surface area is 112 Å². The summed E-state index contributed by atoms with van der Waals surface area (Å²) in [6.45, 7) is 0.319. The molecule has 94 valence electrons. The molecule has 0 unspecified atom stereocenters. The van der Waals surface area contributed by atoms with E-state index < -0.39 is 5.91 Å². The highest BCUT2D eigenvalue weighted by atomic mass is 16.6. The van der Waals surface area contributed by atoms with Crippen LogP contribution < -0.4 is 5.48 Å². The maximum absolute atomic E-state index is 11.4. The third kappa shape index (κ3) is 4.66. The molecule has 1 N–H and O–H groups in total. The van der Waals surface area contributed by atoms with Gasteiger partial charge >= 0.3 is 5.91 Å². The summed E-state index contributed by atoms with van der Waals surface area (Å²) in [5.74, 6) is 4.75. The van der Waals surface area contributed by atoms with E-state index in [1.165, 1.54) is 0 Å². The van der Waals surface area contributed by atoms with Crippen LogP contribution in [-0.4, -0.2) is 5.91 Å². The molecule has 0 saturated carbocycles. The van der Waals surface area contributed by atoms with Crippen molar-refractivity contribution in [1.82, 2.24) is 5.48 Å². The van der Waals surface area contributed by atoms with Crippen molar-refractivity contribution in [3.63, 3.8) is 0 Å². The lowest BCUT2D eigenvalue weighted by Gasteiger charge is -2.02. The van der Waals surface area contributed by atoms with Crippen molar-refractivity contribution in [1.29, 1.82) is 0 Å². The van der Waals surface area contributed by atoms with Crippen LogP contribution in [0.4, 0.5) is 0 Å². The number of carbonyl (C=O) groups is 1. The zero-order valence-electron chi connectivity index (χ0n) is 10.3. The molecule has 19 heavy (non-hydrogen) atoms. The van der Waals surface area contributed by atoms with Crippen molar-refractivity contribution < 1.29 is 9.63 Å². The molecule has 2 aromatic carbocycles. The lowest BCUT2D eigenvalue weighted by molar-refractivity contribution is -0.128. The van der Waals surface area contributed by atoms with Crippen LogP contribution in [0, 0.1) is 11.8 Å². The summed E-state index contributed by atoms with van der Waals surface area (Å²) in [5.41, 5.74) is 4.07. The first-order valence-electron chi connectivity index (χ1n) is 5.87. The van der Waals surface area contributed by atoms with E-state index in [-0.39, 0.29) is 0 Å². The van der Waals surface area contributed by atoms with Gasteiger partial charge in [-0.05, 0) is 17.7 Å². The summed E-state index contributed by atoms with van der Waals surface area (Å²) < 4.78 is 0. The lowest BCUT2D eigenvalue weighted by atomic mass is 10.2. The fraction of sp³-hybridized carbons (Fsp3) is 0.0625. The van der Waals surface area contributed by atoms with Gasteiger partial charge in [0.25, 0.3) is 0 Å². The van der Waals surface area contributed by atoms with Gasteiger partial charge in [0.15, 0.2) is 0 Å². The van der Waals surface area contributed by atoms with Crippen LogP contribution in [0.3, 0.4) is 0 Å². The molecule has 0 atom stereocenters. The normalized spacial score (nSPS) is 9.26. The molecule has 0 fully saturated rings. The first-order valence-corrected chi connectivity index (χ1v) is 5.87.